The van der Waals surface area contributed by atoms with Gasteiger partial charge in [-0.15, -0.1) is 0 Å². The lowest BCUT2D eigenvalue weighted by Crippen LogP contribution is -2.43. The maximum absolute atomic E-state index is 13.5. The van der Waals surface area contributed by atoms with Crippen LogP contribution in [0.2, 0.25) is 10.0 Å². The molecule has 2 unspecified atom stereocenters. The van der Waals surface area contributed by atoms with Crippen molar-refractivity contribution in [3.63, 3.8) is 0 Å². The Balaban J connectivity index is 1.60. The molecule has 0 heterocycles. The highest BCUT2D eigenvalue weighted by Gasteiger charge is 2.71. The number of nitrogens with one attached hydrogen (secondary N) is 1. The van der Waals surface area contributed by atoms with Gasteiger partial charge in [-0.2, -0.15) is 0 Å². The fourth-order valence-corrected chi connectivity index (χ4v) is 5.65. The number of oxime groups is 1. The molecule has 7 heteroatoms. The number of amides is 1. The molecular weight excluding hydrogens is 435 g/mol. The highest BCUT2D eigenvalue weighted by atomic mass is 35.5. The number of hydrogen-bond acceptors (Lipinski definition) is 4. The predicted octanol–water partition coefficient (Wildman–Crippen LogP) is 6.36. The maximum atomic E-state index is 13.5. The minimum absolute atomic E-state index is 0.0980. The van der Waals surface area contributed by atoms with Crippen LogP contribution in [-0.4, -0.2) is 17.6 Å². The molecule has 2 aliphatic carbocycles. The van der Waals surface area contributed by atoms with Gasteiger partial charge in [0, 0.05) is 27.6 Å². The summed E-state index contributed by atoms with van der Waals surface area (Å²) in [7, 11) is 0. The SMILES string of the molecule is CC12CCC(C(=O)Nc3cc(Cl)cc(Cl)c3)(CC1=NOC(=O)c1ccccc1)C2(C)C. The number of anilines is 1. The maximum Gasteiger partial charge on any atom is 0.365 e. The Morgan fingerprint density at radius 2 is 1.65 bits per heavy atom. The molecule has 2 fully saturated rings. The van der Waals surface area contributed by atoms with Gasteiger partial charge in [0.1, 0.15) is 0 Å². The molecule has 31 heavy (non-hydrogen) atoms. The molecule has 2 aromatic rings. The average Bonchev–Trinajstić information content (AvgIpc) is 3.02. The van der Waals surface area contributed by atoms with E-state index in [4.69, 9.17) is 28.0 Å². The molecule has 0 aromatic heterocycles. The first-order valence-corrected chi connectivity index (χ1v) is 11.0. The van der Waals surface area contributed by atoms with Crippen LogP contribution in [0.1, 0.15) is 50.4 Å². The van der Waals surface area contributed by atoms with Crippen LogP contribution < -0.4 is 5.32 Å². The number of nitrogens with zero attached hydrogens (tertiary/aromatic N) is 1. The third kappa shape index (κ3) is 3.44. The summed E-state index contributed by atoms with van der Waals surface area (Å²) in [5.41, 5.74) is 0.325. The van der Waals surface area contributed by atoms with Crippen molar-refractivity contribution in [2.24, 2.45) is 21.4 Å². The molecule has 2 saturated carbocycles. The summed E-state index contributed by atoms with van der Waals surface area (Å²) < 4.78 is 0. The van der Waals surface area contributed by atoms with Crippen LogP contribution in [0.5, 0.6) is 0 Å². The number of rotatable bonds is 4. The number of hydrogen-bond donors (Lipinski definition) is 1. The van der Waals surface area contributed by atoms with Gasteiger partial charge in [-0.25, -0.2) is 4.79 Å². The van der Waals surface area contributed by atoms with E-state index >= 15 is 0 Å². The number of carbonyl (C=O) groups is 2. The number of carbonyl (C=O) groups excluding carboxylic acids is 2. The molecule has 0 aliphatic heterocycles. The first-order valence-electron chi connectivity index (χ1n) is 10.2. The van der Waals surface area contributed by atoms with Crippen molar-refractivity contribution in [2.45, 2.75) is 40.0 Å². The summed E-state index contributed by atoms with van der Waals surface area (Å²) in [6.07, 6.45) is 1.94. The normalized spacial score (nSPS) is 27.3. The summed E-state index contributed by atoms with van der Waals surface area (Å²) in [4.78, 5) is 31.2. The van der Waals surface area contributed by atoms with Gasteiger partial charge >= 0.3 is 5.97 Å². The molecular formula is C24H24Cl2N2O3. The van der Waals surface area contributed by atoms with E-state index in [1.165, 1.54) is 0 Å². The van der Waals surface area contributed by atoms with Gasteiger partial charge < -0.3 is 10.2 Å². The Bertz CT molecular complexity index is 1060. The summed E-state index contributed by atoms with van der Waals surface area (Å²) in [5, 5.41) is 8.17. The molecule has 0 spiro atoms. The van der Waals surface area contributed by atoms with Crippen LogP contribution in [0.25, 0.3) is 0 Å². The Hall–Kier alpha value is -2.37. The quantitative estimate of drug-likeness (QED) is 0.427. The third-order valence-electron chi connectivity index (χ3n) is 7.54. The van der Waals surface area contributed by atoms with Crippen molar-refractivity contribution >= 4 is 46.5 Å². The van der Waals surface area contributed by atoms with E-state index in [2.05, 4.69) is 31.2 Å². The van der Waals surface area contributed by atoms with Gasteiger partial charge in [0.15, 0.2) is 0 Å². The molecule has 0 radical (unpaired) electrons. The summed E-state index contributed by atoms with van der Waals surface area (Å²) in [6, 6.07) is 13.7. The summed E-state index contributed by atoms with van der Waals surface area (Å²) >= 11 is 12.2. The van der Waals surface area contributed by atoms with Crippen molar-refractivity contribution < 1.29 is 14.4 Å². The van der Waals surface area contributed by atoms with Gasteiger partial charge in [-0.05, 0) is 48.6 Å². The van der Waals surface area contributed by atoms with E-state index in [0.29, 0.717) is 27.7 Å². The van der Waals surface area contributed by atoms with Gasteiger partial charge in [-0.3, -0.25) is 4.79 Å². The zero-order chi connectivity index (χ0) is 22.4. The standard InChI is InChI=1S/C24H24Cl2N2O3/c1-22(2)23(3)9-10-24(22,21(30)27-18-12-16(25)11-17(26)13-18)14-19(23)28-31-20(29)15-7-5-4-6-8-15/h4-8,11-13H,9-10,14H2,1-3H3,(H,27,30). The number of benzene rings is 2. The molecule has 1 N–H and O–H groups in total. The second-order valence-electron chi connectivity index (χ2n) is 9.11. The van der Waals surface area contributed by atoms with E-state index < -0.39 is 11.4 Å². The highest BCUT2D eigenvalue weighted by molar-refractivity contribution is 6.35. The topological polar surface area (TPSA) is 67.8 Å². The molecule has 2 aromatic carbocycles. The minimum Gasteiger partial charge on any atom is -0.325 e. The molecule has 1 amide bonds. The van der Waals surface area contributed by atoms with Crippen molar-refractivity contribution in [3.8, 4) is 0 Å². The minimum atomic E-state index is -0.672. The lowest BCUT2D eigenvalue weighted by atomic mass is 9.64. The molecule has 4 rings (SSSR count). The lowest BCUT2D eigenvalue weighted by Gasteiger charge is -2.39. The second kappa shape index (κ2) is 7.64. The Kier molecular flexibility index (Phi) is 5.39. The van der Waals surface area contributed by atoms with E-state index in [0.717, 1.165) is 18.6 Å². The van der Waals surface area contributed by atoms with E-state index in [1.807, 2.05) is 6.07 Å². The van der Waals surface area contributed by atoms with Crippen LogP contribution in [0, 0.1) is 16.2 Å². The fourth-order valence-electron chi connectivity index (χ4n) is 5.12. The van der Waals surface area contributed by atoms with E-state index in [-0.39, 0.29) is 16.7 Å². The molecule has 5 nitrogen and oxygen atoms in total. The first kappa shape index (κ1) is 21.8. The molecule has 162 valence electrons. The van der Waals surface area contributed by atoms with E-state index in [1.54, 1.807) is 42.5 Å². The largest absolute Gasteiger partial charge is 0.365 e. The van der Waals surface area contributed by atoms with Crippen LogP contribution in [0.15, 0.2) is 53.7 Å². The van der Waals surface area contributed by atoms with Crippen molar-refractivity contribution in [1.82, 2.24) is 0 Å². The predicted molar refractivity (Wildman–Crippen MR) is 123 cm³/mol. The smallest absolute Gasteiger partial charge is 0.325 e. The second-order valence-corrected chi connectivity index (χ2v) is 9.98. The average molecular weight is 459 g/mol. The molecule has 2 aliphatic rings. The Morgan fingerprint density at radius 3 is 2.29 bits per heavy atom. The Morgan fingerprint density at radius 1 is 1.00 bits per heavy atom. The summed E-state index contributed by atoms with van der Waals surface area (Å²) in [5.74, 6) is -0.608. The summed E-state index contributed by atoms with van der Waals surface area (Å²) in [6.45, 7) is 6.28. The van der Waals surface area contributed by atoms with Gasteiger partial charge in [-0.1, -0.05) is 67.3 Å². The number of halogens is 2. The van der Waals surface area contributed by atoms with Crippen molar-refractivity contribution in [1.29, 1.82) is 0 Å². The third-order valence-corrected chi connectivity index (χ3v) is 7.97. The zero-order valence-electron chi connectivity index (χ0n) is 17.7. The zero-order valence-corrected chi connectivity index (χ0v) is 19.2. The lowest BCUT2D eigenvalue weighted by molar-refractivity contribution is -0.130. The van der Waals surface area contributed by atoms with Gasteiger partial charge in [0.25, 0.3) is 0 Å². The monoisotopic (exact) mass is 458 g/mol. The van der Waals surface area contributed by atoms with E-state index in [9.17, 15) is 9.59 Å². The van der Waals surface area contributed by atoms with Gasteiger partial charge in [0.2, 0.25) is 5.91 Å². The number of fused-ring (bicyclic) bond motifs is 2. The van der Waals surface area contributed by atoms with Crippen LogP contribution in [-0.2, 0) is 9.63 Å². The fraction of sp³-hybridized carbons (Fsp3) is 0.375. The molecule has 2 bridgehead atoms. The molecule has 0 saturated heterocycles. The van der Waals surface area contributed by atoms with Crippen LogP contribution >= 0.6 is 23.2 Å². The van der Waals surface area contributed by atoms with Gasteiger partial charge in [0.05, 0.1) is 16.7 Å². The van der Waals surface area contributed by atoms with Crippen molar-refractivity contribution in [2.75, 3.05) is 5.32 Å². The highest BCUT2D eigenvalue weighted by Crippen LogP contribution is 2.71. The Labute approximate surface area is 191 Å². The molecule has 2 atom stereocenters. The van der Waals surface area contributed by atoms with Crippen molar-refractivity contribution in [3.05, 3.63) is 64.1 Å². The van der Waals surface area contributed by atoms with Crippen LogP contribution in [0.3, 0.4) is 0 Å². The first-order chi connectivity index (χ1) is 14.6. The van der Waals surface area contributed by atoms with Crippen LogP contribution in [0.4, 0.5) is 5.69 Å².